The van der Waals surface area contributed by atoms with Crippen LogP contribution in [0.1, 0.15) is 31.7 Å². The maximum Gasteiger partial charge on any atom is 0.290 e. The van der Waals surface area contributed by atoms with Crippen molar-refractivity contribution >= 4 is 17.9 Å². The first-order valence-electron chi connectivity index (χ1n) is 5.43. The lowest BCUT2D eigenvalue weighted by atomic mass is 9.98. The van der Waals surface area contributed by atoms with Crippen molar-refractivity contribution in [3.8, 4) is 0 Å². The molecule has 1 rings (SSSR count). The number of rotatable bonds is 4. The normalized spacial score (nSPS) is 11.9. The minimum atomic E-state index is -0.531. The number of nitrogens with zero attached hydrogens (tertiary/aromatic N) is 1. The molecule has 0 saturated heterocycles. The van der Waals surface area contributed by atoms with Gasteiger partial charge in [0.05, 0.1) is 0 Å². The quantitative estimate of drug-likeness (QED) is 0.576. The minimum absolute atomic E-state index is 0.322. The van der Waals surface area contributed by atoms with Crippen LogP contribution in [0.15, 0.2) is 24.3 Å². The summed E-state index contributed by atoms with van der Waals surface area (Å²) in [7, 11) is 1.59. The van der Waals surface area contributed by atoms with Gasteiger partial charge in [-0.05, 0) is 30.0 Å². The fourth-order valence-electron chi connectivity index (χ4n) is 1.47. The number of likely N-dealkylation sites (N-methyl/N-ethyl adjacent to an activating group) is 1. The van der Waals surface area contributed by atoms with Crippen molar-refractivity contribution in [2.24, 2.45) is 0 Å². The highest BCUT2D eigenvalue weighted by molar-refractivity contribution is 6.30. The molecular weight excluding hydrogens is 202 g/mol. The largest absolute Gasteiger partial charge is 0.309 e. The third-order valence-corrected chi connectivity index (χ3v) is 2.89. The molecule has 3 heteroatoms. The lowest BCUT2D eigenvalue weighted by Crippen LogP contribution is -2.26. The molecule has 1 atom stereocenters. The standard InChI is InChI=1S/C13H17NO2/c1-4-10(2)11-5-7-12(8-6-11)14(3)13(16)9-15/h5-10H,4H2,1-3H3. The molecule has 0 aliphatic heterocycles. The van der Waals surface area contributed by atoms with Crippen LogP contribution in [0.4, 0.5) is 5.69 Å². The van der Waals surface area contributed by atoms with Gasteiger partial charge in [0.2, 0.25) is 6.29 Å². The minimum Gasteiger partial charge on any atom is -0.309 e. The van der Waals surface area contributed by atoms with Crippen LogP contribution in [0.5, 0.6) is 0 Å². The van der Waals surface area contributed by atoms with E-state index in [1.165, 1.54) is 10.5 Å². The van der Waals surface area contributed by atoms with Crippen LogP contribution in [0.2, 0.25) is 0 Å². The van der Waals surface area contributed by atoms with Gasteiger partial charge >= 0.3 is 0 Å². The molecule has 3 nitrogen and oxygen atoms in total. The molecule has 0 aromatic heterocycles. The highest BCUT2D eigenvalue weighted by Crippen LogP contribution is 2.21. The summed E-state index contributed by atoms with van der Waals surface area (Å²) in [5.74, 6) is -0.0163. The van der Waals surface area contributed by atoms with Gasteiger partial charge in [-0.25, -0.2) is 0 Å². The summed E-state index contributed by atoms with van der Waals surface area (Å²) in [5.41, 5.74) is 1.99. The van der Waals surface area contributed by atoms with Crippen molar-refractivity contribution in [3.63, 3.8) is 0 Å². The summed E-state index contributed by atoms with van der Waals surface area (Å²) in [6.07, 6.45) is 1.41. The Hall–Kier alpha value is -1.64. The van der Waals surface area contributed by atoms with Crippen LogP contribution in [-0.2, 0) is 9.59 Å². The molecule has 1 aromatic rings. The zero-order valence-electron chi connectivity index (χ0n) is 9.93. The van der Waals surface area contributed by atoms with Gasteiger partial charge in [0.25, 0.3) is 5.91 Å². The lowest BCUT2D eigenvalue weighted by molar-refractivity contribution is -0.129. The maximum absolute atomic E-state index is 11.1. The molecule has 0 heterocycles. The van der Waals surface area contributed by atoms with Gasteiger partial charge < -0.3 is 4.90 Å². The van der Waals surface area contributed by atoms with E-state index in [9.17, 15) is 9.59 Å². The smallest absolute Gasteiger partial charge is 0.290 e. The second-order valence-corrected chi connectivity index (χ2v) is 3.92. The molecule has 0 N–H and O–H groups in total. The van der Waals surface area contributed by atoms with Crippen LogP contribution in [0.3, 0.4) is 0 Å². The summed E-state index contributed by atoms with van der Waals surface area (Å²) in [5, 5.41) is 0. The van der Waals surface area contributed by atoms with E-state index in [0.717, 1.165) is 12.1 Å². The number of hydrogen-bond donors (Lipinski definition) is 0. The number of carbonyl (C=O) groups is 2. The molecule has 0 radical (unpaired) electrons. The number of aldehydes is 1. The Bertz CT molecular complexity index is 370. The number of amides is 1. The van der Waals surface area contributed by atoms with Gasteiger partial charge in [0.15, 0.2) is 0 Å². The molecule has 1 amide bonds. The van der Waals surface area contributed by atoms with Gasteiger partial charge in [-0.2, -0.15) is 0 Å². The Morgan fingerprint density at radius 2 is 1.94 bits per heavy atom. The molecule has 1 unspecified atom stereocenters. The van der Waals surface area contributed by atoms with Crippen molar-refractivity contribution in [2.45, 2.75) is 26.2 Å². The van der Waals surface area contributed by atoms with Crippen LogP contribution < -0.4 is 4.90 Å². The molecular formula is C13H17NO2. The van der Waals surface area contributed by atoms with E-state index >= 15 is 0 Å². The SMILES string of the molecule is CCC(C)c1ccc(N(C)C(=O)C=O)cc1. The zero-order valence-corrected chi connectivity index (χ0v) is 9.93. The first-order valence-corrected chi connectivity index (χ1v) is 5.43. The highest BCUT2D eigenvalue weighted by atomic mass is 16.2. The molecule has 0 bridgehead atoms. The molecule has 0 spiro atoms. The fourth-order valence-corrected chi connectivity index (χ4v) is 1.47. The van der Waals surface area contributed by atoms with Crippen LogP contribution in [0, 0.1) is 0 Å². The monoisotopic (exact) mass is 219 g/mol. The van der Waals surface area contributed by atoms with Crippen LogP contribution in [-0.4, -0.2) is 19.2 Å². The topological polar surface area (TPSA) is 37.4 Å². The molecule has 1 aromatic carbocycles. The Morgan fingerprint density at radius 1 is 1.38 bits per heavy atom. The van der Waals surface area contributed by atoms with Gasteiger partial charge in [-0.3, -0.25) is 9.59 Å². The van der Waals surface area contributed by atoms with Gasteiger partial charge in [0, 0.05) is 12.7 Å². The molecule has 0 aliphatic carbocycles. The predicted octanol–water partition coefficient (Wildman–Crippen LogP) is 2.36. The average molecular weight is 219 g/mol. The van der Waals surface area contributed by atoms with Gasteiger partial charge in [-0.1, -0.05) is 26.0 Å². The van der Waals surface area contributed by atoms with Crippen molar-refractivity contribution in [2.75, 3.05) is 11.9 Å². The third-order valence-electron chi connectivity index (χ3n) is 2.89. The van der Waals surface area contributed by atoms with Crippen LogP contribution >= 0.6 is 0 Å². The van der Waals surface area contributed by atoms with Crippen LogP contribution in [0.25, 0.3) is 0 Å². The average Bonchev–Trinajstić information content (AvgIpc) is 2.36. The Balaban J connectivity index is 2.86. The number of carbonyl (C=O) groups excluding carboxylic acids is 2. The predicted molar refractivity (Wildman–Crippen MR) is 64.6 cm³/mol. The van der Waals surface area contributed by atoms with Crippen molar-refractivity contribution in [1.29, 1.82) is 0 Å². The highest BCUT2D eigenvalue weighted by Gasteiger charge is 2.09. The van der Waals surface area contributed by atoms with E-state index in [1.807, 2.05) is 24.3 Å². The number of benzene rings is 1. The van der Waals surface area contributed by atoms with E-state index in [2.05, 4.69) is 13.8 Å². The molecule has 0 aliphatic rings. The molecule has 0 fully saturated rings. The zero-order chi connectivity index (χ0) is 12.1. The van der Waals surface area contributed by atoms with Crippen molar-refractivity contribution in [3.05, 3.63) is 29.8 Å². The summed E-state index contributed by atoms with van der Waals surface area (Å²) >= 11 is 0. The first kappa shape index (κ1) is 12.4. The summed E-state index contributed by atoms with van der Waals surface area (Å²) in [4.78, 5) is 22.8. The first-order chi connectivity index (χ1) is 7.60. The Labute approximate surface area is 96.1 Å². The van der Waals surface area contributed by atoms with Gasteiger partial charge in [0.1, 0.15) is 0 Å². The summed E-state index contributed by atoms with van der Waals surface area (Å²) < 4.78 is 0. The van der Waals surface area contributed by atoms with E-state index < -0.39 is 5.91 Å². The molecule has 16 heavy (non-hydrogen) atoms. The van der Waals surface area contributed by atoms with E-state index in [-0.39, 0.29) is 0 Å². The van der Waals surface area contributed by atoms with Crippen molar-refractivity contribution < 1.29 is 9.59 Å². The third kappa shape index (κ3) is 2.69. The van der Waals surface area contributed by atoms with Crippen molar-refractivity contribution in [1.82, 2.24) is 0 Å². The maximum atomic E-state index is 11.1. The summed E-state index contributed by atoms with van der Waals surface area (Å²) in [6, 6.07) is 7.72. The summed E-state index contributed by atoms with van der Waals surface area (Å²) in [6.45, 7) is 4.30. The van der Waals surface area contributed by atoms with E-state index in [0.29, 0.717) is 12.2 Å². The molecule has 0 saturated carbocycles. The molecule has 86 valence electrons. The second kappa shape index (κ2) is 5.45. The fraction of sp³-hybridized carbons (Fsp3) is 0.385. The van der Waals surface area contributed by atoms with Gasteiger partial charge in [-0.15, -0.1) is 0 Å². The Kier molecular flexibility index (Phi) is 4.23. The number of hydrogen-bond acceptors (Lipinski definition) is 2. The second-order valence-electron chi connectivity index (χ2n) is 3.92. The van der Waals surface area contributed by atoms with E-state index in [1.54, 1.807) is 7.05 Å². The lowest BCUT2D eigenvalue weighted by Gasteiger charge is -2.15. The number of anilines is 1. The Morgan fingerprint density at radius 3 is 2.38 bits per heavy atom. The van der Waals surface area contributed by atoms with E-state index in [4.69, 9.17) is 0 Å².